The highest BCUT2D eigenvalue weighted by atomic mass is 16.6. The molecule has 0 bridgehead atoms. The monoisotopic (exact) mass is 426 g/mol. The van der Waals surface area contributed by atoms with E-state index in [2.05, 4.69) is 18.2 Å². The smallest absolute Gasteiger partial charge is 0.189 e. The highest BCUT2D eigenvalue weighted by molar-refractivity contribution is 5.87. The van der Waals surface area contributed by atoms with Gasteiger partial charge in [-0.2, -0.15) is 0 Å². The zero-order chi connectivity index (χ0) is 23.1. The van der Waals surface area contributed by atoms with Crippen molar-refractivity contribution in [3.8, 4) is 5.75 Å². The zero-order valence-corrected chi connectivity index (χ0v) is 18.4. The lowest BCUT2D eigenvalue weighted by Crippen LogP contribution is -2.24. The molecule has 0 aliphatic heterocycles. The van der Waals surface area contributed by atoms with E-state index in [-0.39, 0.29) is 30.8 Å². The van der Waals surface area contributed by atoms with Crippen LogP contribution in [0.4, 0.5) is 0 Å². The van der Waals surface area contributed by atoms with Gasteiger partial charge in [0.15, 0.2) is 6.29 Å². The molecule has 1 rings (SSSR count). The van der Waals surface area contributed by atoms with Gasteiger partial charge < -0.3 is 20.3 Å². The molecule has 6 heteroatoms. The van der Waals surface area contributed by atoms with Gasteiger partial charge in [-0.15, -0.1) is 6.58 Å². The average Bonchev–Trinajstić information content (AvgIpc) is 2.74. The number of ketones is 1. The van der Waals surface area contributed by atoms with Crippen LogP contribution in [-0.4, -0.2) is 42.7 Å². The van der Waals surface area contributed by atoms with Crippen molar-refractivity contribution in [3.05, 3.63) is 73.5 Å². The van der Waals surface area contributed by atoms with Crippen molar-refractivity contribution >= 4 is 17.6 Å². The van der Waals surface area contributed by atoms with Gasteiger partial charge in [0.05, 0.1) is 6.10 Å². The Bertz CT molecular complexity index is 796. The number of carbonyl (C=O) groups is 1. The molecule has 0 spiro atoms. The van der Waals surface area contributed by atoms with E-state index in [1.165, 1.54) is 6.20 Å². The van der Waals surface area contributed by atoms with Crippen LogP contribution < -0.4 is 10.5 Å². The first-order valence-corrected chi connectivity index (χ1v) is 10.3. The second-order valence-electron chi connectivity index (χ2n) is 7.07. The topological polar surface area (TPSA) is 94.1 Å². The van der Waals surface area contributed by atoms with Crippen LogP contribution >= 0.6 is 0 Å². The average molecular weight is 427 g/mol. The predicted molar refractivity (Wildman–Crippen MR) is 127 cm³/mol. The highest BCUT2D eigenvalue weighted by Gasteiger charge is 2.17. The fourth-order valence-electron chi connectivity index (χ4n) is 2.84. The molecule has 0 fully saturated rings. The molecule has 0 aliphatic carbocycles. The fourth-order valence-corrected chi connectivity index (χ4v) is 2.84. The lowest BCUT2D eigenvalue weighted by molar-refractivity contribution is -0.142. The Balaban J connectivity index is 2.86. The van der Waals surface area contributed by atoms with Crippen LogP contribution in [0.5, 0.6) is 5.75 Å². The van der Waals surface area contributed by atoms with Gasteiger partial charge in [-0.05, 0) is 49.6 Å². The van der Waals surface area contributed by atoms with Gasteiger partial charge in [-0.1, -0.05) is 36.9 Å². The number of ether oxygens (including phenoxy) is 2. The molecule has 1 aromatic rings. The summed E-state index contributed by atoms with van der Waals surface area (Å²) in [6, 6.07) is 7.46. The van der Waals surface area contributed by atoms with Gasteiger partial charge in [-0.25, -0.2) is 0 Å². The Morgan fingerprint density at radius 3 is 2.74 bits per heavy atom. The molecule has 2 atom stereocenters. The number of aliphatic hydroxyl groups is 1. The Kier molecular flexibility index (Phi) is 12.8. The van der Waals surface area contributed by atoms with Crippen LogP contribution in [0.2, 0.25) is 0 Å². The first-order valence-electron chi connectivity index (χ1n) is 10.3. The molecule has 0 aromatic heterocycles. The first kappa shape index (κ1) is 26.2. The van der Waals surface area contributed by atoms with Crippen LogP contribution in [0.25, 0.3) is 5.57 Å². The summed E-state index contributed by atoms with van der Waals surface area (Å²) >= 11 is 0. The number of Topliss-reactive ketones (excluding diaryl/α,β-unsaturated/α-hetero) is 1. The molecule has 1 aromatic carbocycles. The molecular formula is C25H34N2O4. The van der Waals surface area contributed by atoms with Crippen LogP contribution in [-0.2, 0) is 9.53 Å². The van der Waals surface area contributed by atoms with Gasteiger partial charge in [0.2, 0.25) is 0 Å². The normalized spacial score (nSPS) is 14.2. The largest absolute Gasteiger partial charge is 0.488 e. The van der Waals surface area contributed by atoms with Crippen LogP contribution in [0.15, 0.2) is 72.9 Å². The minimum absolute atomic E-state index is 0.0207. The van der Waals surface area contributed by atoms with Crippen molar-refractivity contribution in [2.75, 3.05) is 13.2 Å². The van der Waals surface area contributed by atoms with Gasteiger partial charge in [0.25, 0.3) is 0 Å². The van der Waals surface area contributed by atoms with E-state index in [0.717, 1.165) is 11.1 Å². The number of hydrogen-bond acceptors (Lipinski definition) is 6. The molecule has 0 amide bonds. The summed E-state index contributed by atoms with van der Waals surface area (Å²) in [6.07, 6.45) is 9.71. The van der Waals surface area contributed by atoms with Gasteiger partial charge in [0, 0.05) is 31.3 Å². The Morgan fingerprint density at radius 1 is 1.32 bits per heavy atom. The summed E-state index contributed by atoms with van der Waals surface area (Å²) in [4.78, 5) is 16.5. The summed E-state index contributed by atoms with van der Waals surface area (Å²) in [5.74, 6) is 0.310. The van der Waals surface area contributed by atoms with E-state index < -0.39 is 6.29 Å². The third-order valence-electron chi connectivity index (χ3n) is 4.26. The SMILES string of the molecule is C=CN=C/C=C/CC(=O)C(C=C)C/C(=C/CN)c1cccc(OCC(O)OC(C)C)c1. The van der Waals surface area contributed by atoms with E-state index in [9.17, 15) is 9.90 Å². The maximum Gasteiger partial charge on any atom is 0.189 e. The third-order valence-corrected chi connectivity index (χ3v) is 4.26. The Labute approximate surface area is 185 Å². The molecule has 0 saturated heterocycles. The number of allylic oxidation sites excluding steroid dienone is 4. The second-order valence-corrected chi connectivity index (χ2v) is 7.07. The molecule has 0 aliphatic rings. The predicted octanol–water partition coefficient (Wildman–Crippen LogP) is 4.07. The number of aliphatic hydroxyl groups excluding tert-OH is 1. The van der Waals surface area contributed by atoms with Crippen molar-refractivity contribution in [1.82, 2.24) is 0 Å². The number of benzene rings is 1. The lowest BCUT2D eigenvalue weighted by atomic mass is 9.89. The first-order chi connectivity index (χ1) is 14.9. The standard InChI is InChI=1S/C25H34N2O4/c1-5-20(24(28)12-7-8-15-27-6-2)16-22(13-14-26)21-10-9-11-23(17-21)30-18-25(29)31-19(3)4/h5-11,13,15,17,19-20,25,29H,1-2,12,14,16,18,26H2,3-4H3/b8-7+,22-13-,27-15?. The quantitative estimate of drug-likeness (QED) is 0.250. The molecule has 31 heavy (non-hydrogen) atoms. The highest BCUT2D eigenvalue weighted by Crippen LogP contribution is 2.27. The summed E-state index contributed by atoms with van der Waals surface area (Å²) < 4.78 is 10.9. The molecule has 168 valence electrons. The van der Waals surface area contributed by atoms with Crippen molar-refractivity contribution in [3.63, 3.8) is 0 Å². The van der Waals surface area contributed by atoms with E-state index in [1.54, 1.807) is 30.5 Å². The van der Waals surface area contributed by atoms with Gasteiger partial charge >= 0.3 is 0 Å². The van der Waals surface area contributed by atoms with Crippen molar-refractivity contribution < 1.29 is 19.4 Å². The maximum atomic E-state index is 12.6. The van der Waals surface area contributed by atoms with E-state index in [1.807, 2.05) is 38.1 Å². The van der Waals surface area contributed by atoms with Gasteiger partial charge in [-0.3, -0.25) is 9.79 Å². The maximum absolute atomic E-state index is 12.6. The second kappa shape index (κ2) is 15.1. The van der Waals surface area contributed by atoms with Crippen LogP contribution in [0.1, 0.15) is 32.3 Å². The lowest BCUT2D eigenvalue weighted by Gasteiger charge is -2.17. The van der Waals surface area contributed by atoms with Crippen molar-refractivity contribution in [1.29, 1.82) is 0 Å². The zero-order valence-electron chi connectivity index (χ0n) is 18.4. The van der Waals surface area contributed by atoms with E-state index >= 15 is 0 Å². The Hall–Kier alpha value is -2.80. The number of nitrogens with zero attached hydrogens (tertiary/aromatic N) is 1. The van der Waals surface area contributed by atoms with Gasteiger partial charge in [0.1, 0.15) is 18.1 Å². The number of aliphatic imine (C=N–C) groups is 1. The summed E-state index contributed by atoms with van der Waals surface area (Å²) in [5.41, 5.74) is 7.60. The van der Waals surface area contributed by atoms with Crippen LogP contribution in [0, 0.1) is 5.92 Å². The molecule has 3 N–H and O–H groups in total. The van der Waals surface area contributed by atoms with Crippen molar-refractivity contribution in [2.24, 2.45) is 16.6 Å². The molecular weight excluding hydrogens is 392 g/mol. The summed E-state index contributed by atoms with van der Waals surface area (Å²) in [7, 11) is 0. The molecule has 0 radical (unpaired) electrons. The summed E-state index contributed by atoms with van der Waals surface area (Å²) in [5, 5.41) is 9.83. The summed E-state index contributed by atoms with van der Waals surface area (Å²) in [6.45, 7) is 11.4. The Morgan fingerprint density at radius 2 is 2.10 bits per heavy atom. The number of nitrogens with two attached hydrogens (primary N) is 1. The molecule has 0 saturated carbocycles. The van der Waals surface area contributed by atoms with Crippen molar-refractivity contribution in [2.45, 2.75) is 39.1 Å². The molecule has 6 nitrogen and oxygen atoms in total. The van der Waals surface area contributed by atoms with E-state index in [4.69, 9.17) is 15.2 Å². The number of carbonyl (C=O) groups excluding carboxylic acids is 1. The third kappa shape index (κ3) is 10.7. The number of rotatable bonds is 15. The molecule has 0 heterocycles. The fraction of sp³-hybridized carbons (Fsp3) is 0.360. The minimum Gasteiger partial charge on any atom is -0.488 e. The van der Waals surface area contributed by atoms with Crippen LogP contribution in [0.3, 0.4) is 0 Å². The number of hydrogen-bond donors (Lipinski definition) is 2. The minimum atomic E-state index is -1.00. The molecule has 2 unspecified atom stereocenters. The van der Waals surface area contributed by atoms with E-state index in [0.29, 0.717) is 18.7 Å².